The van der Waals surface area contributed by atoms with E-state index in [1.807, 2.05) is 48.5 Å². The smallest absolute Gasteiger partial charge is 0.243 e. The molecule has 0 amide bonds. The number of ether oxygens (including phenoxy) is 2. The number of pyridine rings is 1. The van der Waals surface area contributed by atoms with Gasteiger partial charge in [-0.15, -0.1) is 0 Å². The number of nitrogens with two attached hydrogens (primary N) is 1. The maximum atomic E-state index is 6.48. The van der Waals surface area contributed by atoms with E-state index in [4.69, 9.17) is 15.2 Å². The Morgan fingerprint density at radius 1 is 1.03 bits per heavy atom. The van der Waals surface area contributed by atoms with Gasteiger partial charge in [-0.3, -0.25) is 0 Å². The lowest BCUT2D eigenvalue weighted by molar-refractivity contribution is 0.414. The van der Waals surface area contributed by atoms with E-state index in [1.54, 1.807) is 25.1 Å². The van der Waals surface area contributed by atoms with Crippen molar-refractivity contribution in [2.75, 3.05) is 12.0 Å². The largest absolute Gasteiger partial charge is 0.497 e. The molecule has 29 heavy (non-hydrogen) atoms. The second kappa shape index (κ2) is 7.61. The minimum atomic E-state index is -0.276. The molecule has 4 rings (SSSR count). The second-order valence-electron chi connectivity index (χ2n) is 7.89. The molecule has 0 bridgehead atoms. The number of para-hydroxylation sites is 1. The molecule has 150 valence electrons. The minimum Gasteiger partial charge on any atom is -0.497 e. The second-order valence-corrected chi connectivity index (χ2v) is 9.05. The van der Waals surface area contributed by atoms with Crippen molar-refractivity contribution >= 4 is 23.1 Å². The highest BCUT2D eigenvalue weighted by atomic mass is 32.2. The summed E-state index contributed by atoms with van der Waals surface area (Å²) in [5.41, 5.74) is 9.13. The Bertz CT molecular complexity index is 1030. The maximum absolute atomic E-state index is 6.48. The van der Waals surface area contributed by atoms with Crippen molar-refractivity contribution < 1.29 is 9.47 Å². The zero-order chi connectivity index (χ0) is 20.6. The number of hydrogen-bond acceptors (Lipinski definition) is 6. The lowest BCUT2D eigenvalue weighted by atomic mass is 9.86. The quantitative estimate of drug-likeness (QED) is 0.602. The van der Waals surface area contributed by atoms with E-state index >= 15 is 0 Å². The maximum Gasteiger partial charge on any atom is 0.243 e. The summed E-state index contributed by atoms with van der Waals surface area (Å²) in [5.74, 6) is 2.14. The minimum absolute atomic E-state index is 0.0470. The van der Waals surface area contributed by atoms with Gasteiger partial charge in [-0.1, -0.05) is 50.7 Å². The molecule has 0 saturated carbocycles. The van der Waals surface area contributed by atoms with Crippen LogP contribution in [0.3, 0.4) is 0 Å². The lowest BCUT2D eigenvalue weighted by Gasteiger charge is -2.26. The third-order valence-corrected chi connectivity index (χ3v) is 5.87. The van der Waals surface area contributed by atoms with Gasteiger partial charge in [-0.05, 0) is 41.8 Å². The molecule has 1 aromatic heterocycles. The van der Waals surface area contributed by atoms with Gasteiger partial charge in [-0.25, -0.2) is 4.98 Å². The summed E-state index contributed by atoms with van der Waals surface area (Å²) in [4.78, 5) is 7.66. The third-order valence-electron chi connectivity index (χ3n) is 4.84. The van der Waals surface area contributed by atoms with Crippen molar-refractivity contribution in [3.63, 3.8) is 0 Å². The molecular weight excluding hydrogens is 382 g/mol. The molecule has 1 unspecified atom stereocenters. The highest BCUT2D eigenvalue weighted by Gasteiger charge is 2.32. The first kappa shape index (κ1) is 19.6. The molecule has 2 aromatic carbocycles. The van der Waals surface area contributed by atoms with E-state index < -0.39 is 0 Å². The summed E-state index contributed by atoms with van der Waals surface area (Å²) in [6, 6.07) is 17.9. The first-order valence-electron chi connectivity index (χ1n) is 9.50. The van der Waals surface area contributed by atoms with Crippen LogP contribution in [0.4, 0.5) is 11.4 Å². The summed E-state index contributed by atoms with van der Waals surface area (Å²) >= 11 is 1.59. The molecule has 5 nitrogen and oxygen atoms in total. The zero-order valence-corrected chi connectivity index (χ0v) is 17.9. The number of rotatable bonds is 4. The zero-order valence-electron chi connectivity index (χ0n) is 17.0. The van der Waals surface area contributed by atoms with Crippen LogP contribution in [0.1, 0.15) is 26.3 Å². The van der Waals surface area contributed by atoms with Crippen LogP contribution in [0, 0.1) is 0 Å². The van der Waals surface area contributed by atoms with Crippen LogP contribution in [0.5, 0.6) is 17.4 Å². The Morgan fingerprint density at radius 3 is 2.59 bits per heavy atom. The Kier molecular flexibility index (Phi) is 5.15. The molecule has 2 heterocycles. The molecule has 1 aliphatic heterocycles. The van der Waals surface area contributed by atoms with Gasteiger partial charge in [0.15, 0.2) is 0 Å². The fourth-order valence-corrected chi connectivity index (χ4v) is 4.49. The standard InChI is InChI=1S/C23H25N3O2S/c1-23(2,3)16-8-5-6-10-19(16)28-21-18(9-7-13-25-21)26-17-12-11-15(27-4)14-20(17)29-22(26)24/h5-14,22H,24H2,1-4H3. The Morgan fingerprint density at radius 2 is 1.83 bits per heavy atom. The lowest BCUT2D eigenvalue weighted by Crippen LogP contribution is -2.32. The Labute approximate surface area is 175 Å². The van der Waals surface area contributed by atoms with Gasteiger partial charge in [0, 0.05) is 16.7 Å². The van der Waals surface area contributed by atoms with Crippen LogP contribution >= 0.6 is 11.8 Å². The predicted octanol–water partition coefficient (Wildman–Crippen LogP) is 5.67. The molecule has 3 aromatic rings. The summed E-state index contributed by atoms with van der Waals surface area (Å²) in [6.45, 7) is 6.52. The average Bonchev–Trinajstić information content (AvgIpc) is 3.02. The molecular formula is C23H25N3O2S. The van der Waals surface area contributed by atoms with E-state index in [2.05, 4.69) is 36.7 Å². The highest BCUT2D eigenvalue weighted by molar-refractivity contribution is 8.00. The van der Waals surface area contributed by atoms with Crippen molar-refractivity contribution in [1.82, 2.24) is 4.98 Å². The fraction of sp³-hybridized carbons (Fsp3) is 0.261. The van der Waals surface area contributed by atoms with Crippen molar-refractivity contribution in [1.29, 1.82) is 0 Å². The van der Waals surface area contributed by atoms with Gasteiger partial charge in [-0.2, -0.15) is 0 Å². The normalized spacial score (nSPS) is 15.9. The SMILES string of the molecule is COc1ccc2c(c1)SC(N)N2c1cccnc1Oc1ccccc1C(C)(C)C. The number of nitrogens with zero attached hydrogens (tertiary/aromatic N) is 2. The van der Waals surface area contributed by atoms with Gasteiger partial charge in [0.25, 0.3) is 0 Å². The van der Waals surface area contributed by atoms with E-state index in [-0.39, 0.29) is 10.9 Å². The van der Waals surface area contributed by atoms with Gasteiger partial charge < -0.3 is 20.1 Å². The summed E-state index contributed by atoms with van der Waals surface area (Å²) in [5, 5.41) is 0. The molecule has 1 aliphatic rings. The number of benzene rings is 2. The highest BCUT2D eigenvalue weighted by Crippen LogP contribution is 2.49. The number of fused-ring (bicyclic) bond motifs is 1. The fourth-order valence-electron chi connectivity index (χ4n) is 3.43. The summed E-state index contributed by atoms with van der Waals surface area (Å²) in [7, 11) is 1.67. The molecule has 6 heteroatoms. The number of aromatic nitrogens is 1. The van der Waals surface area contributed by atoms with Gasteiger partial charge in [0.05, 0.1) is 12.8 Å². The Hall–Kier alpha value is -2.70. The van der Waals surface area contributed by atoms with E-state index in [0.717, 1.165) is 33.3 Å². The molecule has 0 spiro atoms. The van der Waals surface area contributed by atoms with Crippen molar-refractivity contribution in [2.45, 2.75) is 36.6 Å². The molecule has 1 atom stereocenters. The number of anilines is 2. The molecule has 0 fully saturated rings. The summed E-state index contributed by atoms with van der Waals surface area (Å²) < 4.78 is 11.7. The van der Waals surface area contributed by atoms with Crippen LogP contribution < -0.4 is 20.1 Å². The van der Waals surface area contributed by atoms with Crippen molar-refractivity contribution in [2.24, 2.45) is 5.73 Å². The van der Waals surface area contributed by atoms with Crippen LogP contribution in [-0.2, 0) is 5.41 Å². The van der Waals surface area contributed by atoms with Gasteiger partial charge >= 0.3 is 0 Å². The van der Waals surface area contributed by atoms with Crippen molar-refractivity contribution in [3.8, 4) is 17.4 Å². The van der Waals surface area contributed by atoms with Crippen LogP contribution in [0.15, 0.2) is 65.7 Å². The molecule has 0 saturated heterocycles. The number of hydrogen-bond donors (Lipinski definition) is 1. The predicted molar refractivity (Wildman–Crippen MR) is 118 cm³/mol. The first-order valence-corrected chi connectivity index (χ1v) is 10.4. The van der Waals surface area contributed by atoms with Crippen molar-refractivity contribution in [3.05, 3.63) is 66.4 Å². The number of thioether (sulfide) groups is 1. The topological polar surface area (TPSA) is 60.6 Å². The van der Waals surface area contributed by atoms with Crippen LogP contribution in [-0.4, -0.2) is 17.6 Å². The number of methoxy groups -OCH3 is 1. The molecule has 2 N–H and O–H groups in total. The summed E-state index contributed by atoms with van der Waals surface area (Å²) in [6.07, 6.45) is 1.74. The first-order chi connectivity index (χ1) is 13.9. The molecule has 0 radical (unpaired) electrons. The van der Waals surface area contributed by atoms with Crippen LogP contribution in [0.2, 0.25) is 0 Å². The monoisotopic (exact) mass is 407 g/mol. The van der Waals surface area contributed by atoms with E-state index in [0.29, 0.717) is 5.88 Å². The van der Waals surface area contributed by atoms with Gasteiger partial charge in [0.2, 0.25) is 5.88 Å². The van der Waals surface area contributed by atoms with E-state index in [9.17, 15) is 0 Å². The third kappa shape index (κ3) is 3.78. The Balaban J connectivity index is 1.75. The molecule has 0 aliphatic carbocycles. The average molecular weight is 408 g/mol. The van der Waals surface area contributed by atoms with Gasteiger partial charge in [0.1, 0.15) is 22.7 Å². The van der Waals surface area contributed by atoms with E-state index in [1.165, 1.54) is 0 Å². The van der Waals surface area contributed by atoms with Crippen LogP contribution in [0.25, 0.3) is 0 Å².